The van der Waals surface area contributed by atoms with E-state index >= 15 is 0 Å². The van der Waals surface area contributed by atoms with Gasteiger partial charge in [0.1, 0.15) is 17.3 Å². The van der Waals surface area contributed by atoms with Gasteiger partial charge in [-0.25, -0.2) is 9.78 Å². The van der Waals surface area contributed by atoms with E-state index < -0.39 is 5.97 Å². The number of esters is 1. The van der Waals surface area contributed by atoms with Crippen LogP contribution in [0.4, 0.5) is 5.82 Å². The average Bonchev–Trinajstić information content (AvgIpc) is 2.39. The van der Waals surface area contributed by atoms with E-state index in [0.29, 0.717) is 11.5 Å². The van der Waals surface area contributed by atoms with Crippen molar-refractivity contribution < 1.29 is 14.3 Å². The third-order valence-electron chi connectivity index (χ3n) is 2.23. The Morgan fingerprint density at radius 1 is 1.17 bits per heavy atom. The molecule has 0 saturated heterocycles. The van der Waals surface area contributed by atoms with Gasteiger partial charge in [0.05, 0.1) is 7.11 Å². The molecule has 5 heteroatoms. The lowest BCUT2D eigenvalue weighted by Crippen LogP contribution is -2.11. The number of hydrogen-bond acceptors (Lipinski definition) is 5. The van der Waals surface area contributed by atoms with Crippen molar-refractivity contribution in [3.63, 3.8) is 0 Å². The van der Waals surface area contributed by atoms with Crippen LogP contribution in [-0.4, -0.2) is 18.1 Å². The summed E-state index contributed by atoms with van der Waals surface area (Å²) in [6, 6.07) is 11.5. The van der Waals surface area contributed by atoms with Gasteiger partial charge in [0.15, 0.2) is 5.69 Å². The highest BCUT2D eigenvalue weighted by molar-refractivity contribution is 5.89. The Hall–Kier alpha value is -2.56. The summed E-state index contributed by atoms with van der Waals surface area (Å²) >= 11 is 0. The van der Waals surface area contributed by atoms with Gasteiger partial charge in [-0.3, -0.25) is 0 Å². The van der Waals surface area contributed by atoms with Crippen LogP contribution in [0.5, 0.6) is 11.5 Å². The SMILES string of the molecule is COc1cccc(OC(=O)c2cccc(N)n2)c1. The van der Waals surface area contributed by atoms with E-state index in [1.807, 2.05) is 0 Å². The van der Waals surface area contributed by atoms with E-state index in [0.717, 1.165) is 0 Å². The Bertz CT molecular complexity index is 570. The van der Waals surface area contributed by atoms with Crippen LogP contribution in [-0.2, 0) is 0 Å². The topological polar surface area (TPSA) is 74.4 Å². The van der Waals surface area contributed by atoms with Gasteiger partial charge in [-0.2, -0.15) is 0 Å². The summed E-state index contributed by atoms with van der Waals surface area (Å²) in [4.78, 5) is 15.7. The molecule has 2 rings (SSSR count). The summed E-state index contributed by atoms with van der Waals surface area (Å²) in [5.74, 6) is 0.718. The molecule has 1 aromatic carbocycles. The number of ether oxygens (including phenoxy) is 2. The Morgan fingerprint density at radius 3 is 2.61 bits per heavy atom. The van der Waals surface area contributed by atoms with Crippen molar-refractivity contribution in [2.45, 2.75) is 0 Å². The molecule has 92 valence electrons. The second-order valence-electron chi connectivity index (χ2n) is 3.52. The molecule has 0 amide bonds. The maximum absolute atomic E-state index is 11.8. The lowest BCUT2D eigenvalue weighted by molar-refractivity contribution is 0.0728. The lowest BCUT2D eigenvalue weighted by Gasteiger charge is -2.05. The van der Waals surface area contributed by atoms with Crippen molar-refractivity contribution in [3.8, 4) is 11.5 Å². The number of benzene rings is 1. The first kappa shape index (κ1) is 11.9. The van der Waals surface area contributed by atoms with Crippen LogP contribution >= 0.6 is 0 Å². The van der Waals surface area contributed by atoms with E-state index in [1.165, 1.54) is 0 Å². The molecule has 0 saturated carbocycles. The molecule has 0 unspecified atom stereocenters. The second-order valence-corrected chi connectivity index (χ2v) is 3.52. The molecule has 0 spiro atoms. The highest BCUT2D eigenvalue weighted by Crippen LogP contribution is 2.19. The zero-order chi connectivity index (χ0) is 13.0. The van der Waals surface area contributed by atoms with E-state index in [2.05, 4.69) is 4.98 Å². The molecule has 0 aliphatic heterocycles. The minimum Gasteiger partial charge on any atom is -0.497 e. The summed E-state index contributed by atoms with van der Waals surface area (Å²) in [7, 11) is 1.54. The molecule has 18 heavy (non-hydrogen) atoms. The Kier molecular flexibility index (Phi) is 3.43. The zero-order valence-corrected chi connectivity index (χ0v) is 9.79. The number of aromatic nitrogens is 1. The largest absolute Gasteiger partial charge is 0.497 e. The van der Waals surface area contributed by atoms with Crippen molar-refractivity contribution in [1.82, 2.24) is 4.98 Å². The number of hydrogen-bond donors (Lipinski definition) is 1. The predicted molar refractivity (Wildman–Crippen MR) is 66.6 cm³/mol. The molecule has 2 aromatic rings. The molecular weight excluding hydrogens is 232 g/mol. The normalized spacial score (nSPS) is 9.83. The van der Waals surface area contributed by atoms with Gasteiger partial charge in [-0.05, 0) is 24.3 Å². The van der Waals surface area contributed by atoms with Gasteiger partial charge in [-0.15, -0.1) is 0 Å². The van der Waals surface area contributed by atoms with Crippen LogP contribution in [0, 0.1) is 0 Å². The highest BCUT2D eigenvalue weighted by Gasteiger charge is 2.10. The van der Waals surface area contributed by atoms with Crippen LogP contribution in [0.1, 0.15) is 10.5 Å². The number of carbonyl (C=O) groups is 1. The van der Waals surface area contributed by atoms with E-state index in [4.69, 9.17) is 15.2 Å². The maximum Gasteiger partial charge on any atom is 0.362 e. The van der Waals surface area contributed by atoms with Crippen molar-refractivity contribution in [2.24, 2.45) is 0 Å². The van der Waals surface area contributed by atoms with Gasteiger partial charge >= 0.3 is 5.97 Å². The number of nitrogens with two attached hydrogens (primary N) is 1. The quantitative estimate of drug-likeness (QED) is 0.659. The summed E-state index contributed by atoms with van der Waals surface area (Å²) in [6.45, 7) is 0. The number of pyridine rings is 1. The minimum atomic E-state index is -0.560. The predicted octanol–water partition coefficient (Wildman–Crippen LogP) is 1.89. The van der Waals surface area contributed by atoms with Crippen LogP contribution in [0.25, 0.3) is 0 Å². The van der Waals surface area contributed by atoms with Crippen molar-refractivity contribution in [2.75, 3.05) is 12.8 Å². The molecule has 2 N–H and O–H groups in total. The fourth-order valence-corrected chi connectivity index (χ4v) is 1.39. The molecular formula is C13H12N2O3. The molecule has 0 fully saturated rings. The Morgan fingerprint density at radius 2 is 1.89 bits per heavy atom. The number of nitrogen functional groups attached to an aromatic ring is 1. The third-order valence-corrected chi connectivity index (χ3v) is 2.23. The van der Waals surface area contributed by atoms with E-state index in [9.17, 15) is 4.79 Å². The second kappa shape index (κ2) is 5.18. The molecule has 0 aliphatic rings. The molecule has 0 aliphatic carbocycles. The van der Waals surface area contributed by atoms with Gasteiger partial charge in [-0.1, -0.05) is 12.1 Å². The Balaban J connectivity index is 2.16. The summed E-state index contributed by atoms with van der Waals surface area (Å²) in [5, 5.41) is 0. The lowest BCUT2D eigenvalue weighted by atomic mass is 10.3. The smallest absolute Gasteiger partial charge is 0.362 e. The number of methoxy groups -OCH3 is 1. The van der Waals surface area contributed by atoms with E-state index in [-0.39, 0.29) is 11.5 Å². The Labute approximate surface area is 104 Å². The summed E-state index contributed by atoms with van der Waals surface area (Å²) < 4.78 is 10.2. The maximum atomic E-state index is 11.8. The van der Waals surface area contributed by atoms with Gasteiger partial charge in [0, 0.05) is 6.07 Å². The fourth-order valence-electron chi connectivity index (χ4n) is 1.39. The number of carbonyl (C=O) groups excluding carboxylic acids is 1. The molecule has 5 nitrogen and oxygen atoms in total. The highest BCUT2D eigenvalue weighted by atomic mass is 16.5. The third kappa shape index (κ3) is 2.76. The molecule has 0 atom stereocenters. The van der Waals surface area contributed by atoms with Crippen molar-refractivity contribution in [1.29, 1.82) is 0 Å². The van der Waals surface area contributed by atoms with Crippen molar-refractivity contribution in [3.05, 3.63) is 48.2 Å². The minimum absolute atomic E-state index is 0.165. The molecule has 1 aromatic heterocycles. The molecule has 1 heterocycles. The average molecular weight is 244 g/mol. The van der Waals surface area contributed by atoms with Gasteiger partial charge < -0.3 is 15.2 Å². The van der Waals surface area contributed by atoms with Crippen LogP contribution in [0.2, 0.25) is 0 Å². The summed E-state index contributed by atoms with van der Waals surface area (Å²) in [6.07, 6.45) is 0. The fraction of sp³-hybridized carbons (Fsp3) is 0.0769. The monoisotopic (exact) mass is 244 g/mol. The first-order chi connectivity index (χ1) is 8.69. The van der Waals surface area contributed by atoms with E-state index in [1.54, 1.807) is 49.6 Å². The van der Waals surface area contributed by atoms with Crippen LogP contribution in [0.3, 0.4) is 0 Å². The number of rotatable bonds is 3. The standard InChI is InChI=1S/C13H12N2O3/c1-17-9-4-2-5-10(8-9)18-13(16)11-6-3-7-12(14)15-11/h2-8H,1H3,(H2,14,15). The van der Waals surface area contributed by atoms with Crippen LogP contribution in [0.15, 0.2) is 42.5 Å². The van der Waals surface area contributed by atoms with Crippen LogP contribution < -0.4 is 15.2 Å². The first-order valence-corrected chi connectivity index (χ1v) is 5.28. The number of nitrogens with zero attached hydrogens (tertiary/aromatic N) is 1. The first-order valence-electron chi connectivity index (χ1n) is 5.28. The molecule has 0 radical (unpaired) electrons. The zero-order valence-electron chi connectivity index (χ0n) is 9.79. The van der Waals surface area contributed by atoms with Gasteiger partial charge in [0.2, 0.25) is 0 Å². The summed E-state index contributed by atoms with van der Waals surface area (Å²) in [5.41, 5.74) is 5.66. The van der Waals surface area contributed by atoms with Crippen molar-refractivity contribution >= 4 is 11.8 Å². The number of anilines is 1. The van der Waals surface area contributed by atoms with Gasteiger partial charge in [0.25, 0.3) is 0 Å². The molecule has 0 bridgehead atoms.